The normalized spacial score (nSPS) is 15.5. The molecule has 0 saturated heterocycles. The van der Waals surface area contributed by atoms with Gasteiger partial charge < -0.3 is 0 Å². The van der Waals surface area contributed by atoms with Gasteiger partial charge in [0.05, 0.1) is 17.9 Å². The number of nitrogens with zero attached hydrogens (tertiary/aromatic N) is 3. The van der Waals surface area contributed by atoms with Gasteiger partial charge in [-0.15, -0.1) is 0 Å². The number of pyridine rings is 1. The van der Waals surface area contributed by atoms with Crippen LogP contribution in [0.5, 0.6) is 0 Å². The van der Waals surface area contributed by atoms with Gasteiger partial charge in [-0.2, -0.15) is 0 Å². The van der Waals surface area contributed by atoms with Crippen molar-refractivity contribution in [2.45, 2.75) is 26.8 Å². The highest BCUT2D eigenvalue weighted by molar-refractivity contribution is 5.80. The van der Waals surface area contributed by atoms with Crippen molar-refractivity contribution in [2.75, 3.05) is 11.4 Å². The first kappa shape index (κ1) is 10.9. The second-order valence-electron chi connectivity index (χ2n) is 4.31. The largest absolute Gasteiger partial charge is 0.262 e. The summed E-state index contributed by atoms with van der Waals surface area (Å²) in [6.45, 7) is 7.41. The van der Waals surface area contributed by atoms with E-state index in [0.29, 0.717) is 6.04 Å². The van der Waals surface area contributed by atoms with Crippen molar-refractivity contribution in [3.63, 3.8) is 0 Å². The monoisotopic (exact) mass is 216 g/mol. The van der Waals surface area contributed by atoms with Gasteiger partial charge in [0, 0.05) is 6.20 Å². The number of hydrogen-bond donors (Lipinski definition) is 0. The van der Waals surface area contributed by atoms with Crippen molar-refractivity contribution in [3.8, 4) is 0 Å². The lowest BCUT2D eigenvalue weighted by molar-refractivity contribution is -0.546. The molecule has 1 aliphatic rings. The van der Waals surface area contributed by atoms with Gasteiger partial charge in [-0.05, 0) is 39.0 Å². The number of rotatable bonds is 2. The molecule has 2 heterocycles. The minimum absolute atomic E-state index is 0.518. The lowest BCUT2D eigenvalue weighted by Crippen LogP contribution is -2.32. The third-order valence-electron chi connectivity index (χ3n) is 2.78. The van der Waals surface area contributed by atoms with E-state index in [1.165, 1.54) is 0 Å². The zero-order valence-electron chi connectivity index (χ0n) is 10.1. The summed E-state index contributed by atoms with van der Waals surface area (Å²) in [5.41, 5.74) is 2.19. The van der Waals surface area contributed by atoms with E-state index in [0.717, 1.165) is 17.9 Å². The van der Waals surface area contributed by atoms with Crippen LogP contribution in [-0.2, 0) is 0 Å². The molecule has 0 amide bonds. The SMILES string of the molecule is Cc1ncccc1N1C=CC[N+](C(C)C)=C1. The van der Waals surface area contributed by atoms with E-state index in [1.807, 2.05) is 19.2 Å². The highest BCUT2D eigenvalue weighted by Crippen LogP contribution is 2.17. The maximum Gasteiger partial charge on any atom is 0.244 e. The van der Waals surface area contributed by atoms with Crippen LogP contribution in [0.3, 0.4) is 0 Å². The van der Waals surface area contributed by atoms with E-state index in [9.17, 15) is 0 Å². The Morgan fingerprint density at radius 3 is 2.94 bits per heavy atom. The summed E-state index contributed by atoms with van der Waals surface area (Å²) in [6.07, 6.45) is 8.25. The van der Waals surface area contributed by atoms with E-state index in [1.54, 1.807) is 0 Å². The Bertz CT molecular complexity index is 433. The molecule has 2 rings (SSSR count). The van der Waals surface area contributed by atoms with Crippen molar-refractivity contribution >= 4 is 12.0 Å². The third-order valence-corrected chi connectivity index (χ3v) is 2.78. The van der Waals surface area contributed by atoms with Crippen LogP contribution in [0.15, 0.2) is 30.6 Å². The fourth-order valence-electron chi connectivity index (χ4n) is 1.76. The molecule has 3 nitrogen and oxygen atoms in total. The maximum atomic E-state index is 4.31. The number of aryl methyl sites for hydroxylation is 1. The quantitative estimate of drug-likeness (QED) is 0.706. The lowest BCUT2D eigenvalue weighted by Gasteiger charge is -2.18. The van der Waals surface area contributed by atoms with Crippen molar-refractivity contribution in [1.82, 2.24) is 4.98 Å². The van der Waals surface area contributed by atoms with Gasteiger partial charge in [0.1, 0.15) is 6.54 Å². The summed E-state index contributed by atoms with van der Waals surface area (Å²) in [4.78, 5) is 6.44. The molecule has 0 atom stereocenters. The highest BCUT2D eigenvalue weighted by atomic mass is 15.2. The van der Waals surface area contributed by atoms with Gasteiger partial charge in [0.15, 0.2) is 5.69 Å². The molecule has 1 aliphatic heterocycles. The van der Waals surface area contributed by atoms with E-state index in [4.69, 9.17) is 0 Å². The molecule has 0 spiro atoms. The Labute approximate surface area is 96.7 Å². The fourth-order valence-corrected chi connectivity index (χ4v) is 1.76. The fraction of sp³-hybridized carbons (Fsp3) is 0.385. The second kappa shape index (κ2) is 4.47. The van der Waals surface area contributed by atoms with Crippen molar-refractivity contribution in [2.24, 2.45) is 0 Å². The van der Waals surface area contributed by atoms with Gasteiger partial charge in [-0.1, -0.05) is 0 Å². The summed E-state index contributed by atoms with van der Waals surface area (Å²) < 4.78 is 2.30. The molecule has 3 heteroatoms. The lowest BCUT2D eigenvalue weighted by atomic mass is 10.3. The first-order valence-corrected chi connectivity index (χ1v) is 5.66. The molecule has 0 unspecified atom stereocenters. The highest BCUT2D eigenvalue weighted by Gasteiger charge is 2.17. The topological polar surface area (TPSA) is 19.1 Å². The molecule has 1 aromatic heterocycles. The van der Waals surface area contributed by atoms with Crippen molar-refractivity contribution < 1.29 is 4.58 Å². The first-order valence-electron chi connectivity index (χ1n) is 5.66. The molecule has 0 radical (unpaired) electrons. The Kier molecular flexibility index (Phi) is 3.04. The van der Waals surface area contributed by atoms with Gasteiger partial charge >= 0.3 is 0 Å². The average molecular weight is 216 g/mol. The molecular formula is C13H18N3+. The summed E-state index contributed by atoms with van der Waals surface area (Å²) in [6, 6.07) is 4.58. The molecule has 0 bridgehead atoms. The van der Waals surface area contributed by atoms with Crippen LogP contribution in [0.2, 0.25) is 0 Å². The smallest absolute Gasteiger partial charge is 0.244 e. The molecule has 0 N–H and O–H groups in total. The maximum absolute atomic E-state index is 4.31. The molecule has 0 fully saturated rings. The van der Waals surface area contributed by atoms with Crippen LogP contribution < -0.4 is 4.90 Å². The van der Waals surface area contributed by atoms with Crippen LogP contribution >= 0.6 is 0 Å². The molecule has 16 heavy (non-hydrogen) atoms. The predicted molar refractivity (Wildman–Crippen MR) is 66.9 cm³/mol. The number of aromatic nitrogens is 1. The standard InChI is InChI=1S/C13H18N3/c1-11(2)15-8-5-9-16(10-15)13-6-4-7-14-12(13)3/h4-7,9-11H,8H2,1-3H3/q+1. The van der Waals surface area contributed by atoms with Crippen LogP contribution in [0.1, 0.15) is 19.5 Å². The van der Waals surface area contributed by atoms with E-state index in [-0.39, 0.29) is 0 Å². The minimum atomic E-state index is 0.518. The van der Waals surface area contributed by atoms with Gasteiger partial charge in [0.2, 0.25) is 6.34 Å². The first-order chi connectivity index (χ1) is 7.68. The molecule has 84 valence electrons. The van der Waals surface area contributed by atoms with Crippen molar-refractivity contribution in [3.05, 3.63) is 36.3 Å². The Morgan fingerprint density at radius 1 is 1.44 bits per heavy atom. The second-order valence-corrected chi connectivity index (χ2v) is 4.31. The molecular weight excluding hydrogens is 198 g/mol. The summed E-state index contributed by atoms with van der Waals surface area (Å²) >= 11 is 0. The van der Waals surface area contributed by atoms with Gasteiger partial charge in [-0.3, -0.25) is 9.56 Å². The Morgan fingerprint density at radius 2 is 2.25 bits per heavy atom. The summed E-state index contributed by atoms with van der Waals surface area (Å²) in [7, 11) is 0. The van der Waals surface area contributed by atoms with Crippen LogP contribution in [0.25, 0.3) is 0 Å². The zero-order valence-corrected chi connectivity index (χ0v) is 10.1. The van der Waals surface area contributed by atoms with E-state index >= 15 is 0 Å². The summed E-state index contributed by atoms with van der Waals surface area (Å²) in [5.74, 6) is 0. The van der Waals surface area contributed by atoms with Crippen LogP contribution in [0.4, 0.5) is 5.69 Å². The molecule has 1 aromatic rings. The van der Waals surface area contributed by atoms with Crippen molar-refractivity contribution in [1.29, 1.82) is 0 Å². The molecule has 0 aromatic carbocycles. The Hall–Kier alpha value is -1.64. The molecule has 0 saturated carbocycles. The number of anilines is 1. The predicted octanol–water partition coefficient (Wildman–Crippen LogP) is 2.17. The molecule has 0 aliphatic carbocycles. The van der Waals surface area contributed by atoms with Gasteiger partial charge in [-0.25, -0.2) is 4.90 Å². The van der Waals surface area contributed by atoms with Crippen LogP contribution in [-0.4, -0.2) is 28.5 Å². The number of hydrogen-bond acceptors (Lipinski definition) is 2. The van der Waals surface area contributed by atoms with Gasteiger partial charge in [0.25, 0.3) is 0 Å². The minimum Gasteiger partial charge on any atom is -0.262 e. The Balaban J connectivity index is 2.32. The van der Waals surface area contributed by atoms with Crippen LogP contribution in [0, 0.1) is 6.92 Å². The third kappa shape index (κ3) is 2.13. The van der Waals surface area contributed by atoms with E-state index < -0.39 is 0 Å². The average Bonchev–Trinajstić information content (AvgIpc) is 2.30. The van der Waals surface area contributed by atoms with E-state index in [2.05, 4.69) is 53.0 Å². The zero-order chi connectivity index (χ0) is 11.5. The summed E-state index contributed by atoms with van der Waals surface area (Å²) in [5, 5.41) is 0.